The number of hydrogen-bond donors (Lipinski definition) is 1. The van der Waals surface area contributed by atoms with Gasteiger partial charge in [0.2, 0.25) is 0 Å². The molecule has 1 atom stereocenters. The first kappa shape index (κ1) is 12.4. The minimum atomic E-state index is -0.0787. The molecule has 1 heterocycles. The Kier molecular flexibility index (Phi) is 3.70. The van der Waals surface area contributed by atoms with E-state index < -0.39 is 0 Å². The first-order valence-corrected chi connectivity index (χ1v) is 6.48. The molecule has 90 valence electrons. The van der Waals surface area contributed by atoms with Gasteiger partial charge in [-0.25, -0.2) is 0 Å². The van der Waals surface area contributed by atoms with Crippen LogP contribution in [0, 0.1) is 11.3 Å². The van der Waals surface area contributed by atoms with Crippen LogP contribution in [-0.4, -0.2) is 18.8 Å². The molecule has 0 spiro atoms. The Hall–Kier alpha value is -1.05. The van der Waals surface area contributed by atoms with E-state index in [1.165, 1.54) is 0 Å². The minimum absolute atomic E-state index is 0.0787. The number of hydrogen-bond acceptors (Lipinski definition) is 3. The van der Waals surface area contributed by atoms with E-state index in [4.69, 9.17) is 10.00 Å². The number of ether oxygens (including phenoxy) is 1. The molecule has 0 amide bonds. The summed E-state index contributed by atoms with van der Waals surface area (Å²) in [4.78, 5) is 0. The molecule has 0 aromatic heterocycles. The van der Waals surface area contributed by atoms with E-state index in [0.717, 1.165) is 29.6 Å². The van der Waals surface area contributed by atoms with Crippen LogP contribution in [0.1, 0.15) is 25.3 Å². The molecule has 0 radical (unpaired) electrons. The number of nitrogens with zero attached hydrogens (tertiary/aromatic N) is 1. The van der Waals surface area contributed by atoms with Gasteiger partial charge in [0, 0.05) is 11.1 Å². The van der Waals surface area contributed by atoms with Crippen molar-refractivity contribution in [1.82, 2.24) is 0 Å². The Labute approximate surface area is 110 Å². The van der Waals surface area contributed by atoms with Crippen LogP contribution in [0.5, 0.6) is 0 Å². The van der Waals surface area contributed by atoms with Crippen LogP contribution in [0.2, 0.25) is 0 Å². The summed E-state index contributed by atoms with van der Waals surface area (Å²) in [7, 11) is 0. The van der Waals surface area contributed by atoms with Crippen molar-refractivity contribution < 1.29 is 4.74 Å². The fraction of sp³-hybridized carbons (Fsp3) is 0.462. The monoisotopic (exact) mass is 294 g/mol. The maximum atomic E-state index is 9.16. The molecule has 2 rings (SSSR count). The first-order chi connectivity index (χ1) is 8.14. The van der Waals surface area contributed by atoms with Gasteiger partial charge >= 0.3 is 0 Å². The number of nitrogens with one attached hydrogen (secondary N) is 1. The third kappa shape index (κ3) is 2.80. The maximum absolute atomic E-state index is 9.16. The second-order valence-corrected chi connectivity index (χ2v) is 5.47. The Morgan fingerprint density at radius 3 is 3.00 bits per heavy atom. The Balaban J connectivity index is 2.24. The zero-order chi connectivity index (χ0) is 12.3. The van der Waals surface area contributed by atoms with E-state index in [2.05, 4.69) is 34.2 Å². The van der Waals surface area contributed by atoms with Gasteiger partial charge < -0.3 is 10.1 Å². The van der Waals surface area contributed by atoms with Gasteiger partial charge in [0.05, 0.1) is 23.4 Å². The van der Waals surface area contributed by atoms with Gasteiger partial charge in [-0.05, 0) is 47.8 Å². The summed E-state index contributed by atoms with van der Waals surface area (Å²) < 4.78 is 6.33. The quantitative estimate of drug-likeness (QED) is 0.910. The van der Waals surface area contributed by atoms with Crippen molar-refractivity contribution >= 4 is 21.6 Å². The minimum Gasteiger partial charge on any atom is -0.379 e. The highest BCUT2D eigenvalue weighted by molar-refractivity contribution is 9.10. The van der Waals surface area contributed by atoms with Gasteiger partial charge in [0.1, 0.15) is 6.07 Å². The van der Waals surface area contributed by atoms with Crippen LogP contribution < -0.4 is 5.32 Å². The van der Waals surface area contributed by atoms with Gasteiger partial charge in [-0.2, -0.15) is 5.26 Å². The topological polar surface area (TPSA) is 45.0 Å². The van der Waals surface area contributed by atoms with Crippen LogP contribution >= 0.6 is 15.9 Å². The van der Waals surface area contributed by atoms with Crippen molar-refractivity contribution in [2.75, 3.05) is 18.5 Å². The summed E-state index contributed by atoms with van der Waals surface area (Å²) in [5.41, 5.74) is 1.44. The number of benzene rings is 1. The lowest BCUT2D eigenvalue weighted by Crippen LogP contribution is -2.43. The van der Waals surface area contributed by atoms with E-state index in [1.54, 1.807) is 0 Å². The van der Waals surface area contributed by atoms with Crippen molar-refractivity contribution in [2.45, 2.75) is 25.3 Å². The first-order valence-electron chi connectivity index (χ1n) is 5.69. The molecule has 1 saturated heterocycles. The van der Waals surface area contributed by atoms with Gasteiger partial charge in [-0.1, -0.05) is 6.07 Å². The van der Waals surface area contributed by atoms with Gasteiger partial charge in [0.15, 0.2) is 0 Å². The van der Waals surface area contributed by atoms with E-state index in [1.807, 2.05) is 18.2 Å². The summed E-state index contributed by atoms with van der Waals surface area (Å²) in [5.74, 6) is 0. The SMILES string of the molecule is CC1(Nc2cccc(Br)c2C#N)CCCOC1. The van der Waals surface area contributed by atoms with Crippen LogP contribution in [0.15, 0.2) is 22.7 Å². The lowest BCUT2D eigenvalue weighted by atomic mass is 9.94. The van der Waals surface area contributed by atoms with Crippen molar-refractivity contribution in [3.8, 4) is 6.07 Å². The zero-order valence-corrected chi connectivity index (χ0v) is 11.4. The molecule has 1 unspecified atom stereocenters. The summed E-state index contributed by atoms with van der Waals surface area (Å²) in [6.45, 7) is 3.65. The number of anilines is 1. The van der Waals surface area contributed by atoms with Crippen LogP contribution in [0.25, 0.3) is 0 Å². The molecule has 0 saturated carbocycles. The largest absolute Gasteiger partial charge is 0.379 e. The molecule has 17 heavy (non-hydrogen) atoms. The highest BCUT2D eigenvalue weighted by Gasteiger charge is 2.28. The second kappa shape index (κ2) is 5.07. The van der Waals surface area contributed by atoms with Gasteiger partial charge in [-0.15, -0.1) is 0 Å². The van der Waals surface area contributed by atoms with Gasteiger partial charge in [-0.3, -0.25) is 0 Å². The van der Waals surface area contributed by atoms with Gasteiger partial charge in [0.25, 0.3) is 0 Å². The molecule has 4 heteroatoms. The third-order valence-electron chi connectivity index (χ3n) is 3.00. The molecular formula is C13H15BrN2O. The number of nitriles is 1. The number of halogens is 1. The van der Waals surface area contributed by atoms with Crippen molar-refractivity contribution in [3.63, 3.8) is 0 Å². The molecule has 1 aliphatic heterocycles. The summed E-state index contributed by atoms with van der Waals surface area (Å²) >= 11 is 3.40. The Bertz CT molecular complexity index is 447. The second-order valence-electron chi connectivity index (χ2n) is 4.62. The predicted octanol–water partition coefficient (Wildman–Crippen LogP) is 3.30. The fourth-order valence-corrected chi connectivity index (χ4v) is 2.55. The summed E-state index contributed by atoms with van der Waals surface area (Å²) in [6, 6.07) is 7.96. The van der Waals surface area contributed by atoms with Crippen LogP contribution in [0.4, 0.5) is 5.69 Å². The van der Waals surface area contributed by atoms with Crippen molar-refractivity contribution in [1.29, 1.82) is 5.26 Å². The number of rotatable bonds is 2. The molecule has 1 aromatic carbocycles. The zero-order valence-electron chi connectivity index (χ0n) is 9.79. The molecular weight excluding hydrogens is 280 g/mol. The van der Waals surface area contributed by atoms with E-state index >= 15 is 0 Å². The van der Waals surface area contributed by atoms with Crippen molar-refractivity contribution in [2.24, 2.45) is 0 Å². The molecule has 0 aliphatic carbocycles. The average Bonchev–Trinajstić information content (AvgIpc) is 2.30. The molecule has 1 fully saturated rings. The Morgan fingerprint density at radius 1 is 1.53 bits per heavy atom. The summed E-state index contributed by atoms with van der Waals surface area (Å²) in [5, 5.41) is 12.6. The highest BCUT2D eigenvalue weighted by atomic mass is 79.9. The summed E-state index contributed by atoms with van der Waals surface area (Å²) in [6.07, 6.45) is 2.11. The fourth-order valence-electron chi connectivity index (χ4n) is 2.10. The maximum Gasteiger partial charge on any atom is 0.103 e. The van der Waals surface area contributed by atoms with E-state index in [0.29, 0.717) is 12.2 Å². The standard InChI is InChI=1S/C13H15BrN2O/c1-13(6-3-7-17-9-13)16-12-5-2-4-11(14)10(12)8-15/h2,4-5,16H,3,6-7,9H2,1H3. The van der Waals surface area contributed by atoms with E-state index in [9.17, 15) is 0 Å². The molecule has 1 aromatic rings. The van der Waals surface area contributed by atoms with Crippen LogP contribution in [0.3, 0.4) is 0 Å². The molecule has 0 bridgehead atoms. The van der Waals surface area contributed by atoms with E-state index in [-0.39, 0.29) is 5.54 Å². The predicted molar refractivity (Wildman–Crippen MR) is 70.9 cm³/mol. The van der Waals surface area contributed by atoms with Crippen LogP contribution in [-0.2, 0) is 4.74 Å². The normalized spacial score (nSPS) is 24.1. The highest BCUT2D eigenvalue weighted by Crippen LogP contribution is 2.29. The molecule has 3 nitrogen and oxygen atoms in total. The Morgan fingerprint density at radius 2 is 2.35 bits per heavy atom. The third-order valence-corrected chi connectivity index (χ3v) is 3.66. The average molecular weight is 295 g/mol. The molecule has 1 aliphatic rings. The lowest BCUT2D eigenvalue weighted by Gasteiger charge is -2.35. The molecule has 1 N–H and O–H groups in total. The lowest BCUT2D eigenvalue weighted by molar-refractivity contribution is 0.0540. The van der Waals surface area contributed by atoms with Crippen molar-refractivity contribution in [3.05, 3.63) is 28.2 Å². The smallest absolute Gasteiger partial charge is 0.103 e.